The Labute approximate surface area is 120 Å². The van der Waals surface area contributed by atoms with Crippen molar-refractivity contribution >= 4 is 17.3 Å². The second kappa shape index (κ2) is 5.16. The molecule has 0 atom stereocenters. The lowest BCUT2D eigenvalue weighted by molar-refractivity contribution is -0.141. The van der Waals surface area contributed by atoms with E-state index >= 15 is 0 Å². The summed E-state index contributed by atoms with van der Waals surface area (Å²) in [5.41, 5.74) is -1.07. The van der Waals surface area contributed by atoms with Crippen molar-refractivity contribution in [3.8, 4) is 0 Å². The number of carboxylic acids is 1. The summed E-state index contributed by atoms with van der Waals surface area (Å²) >= 11 is 0. The van der Waals surface area contributed by atoms with Crippen molar-refractivity contribution in [2.75, 3.05) is 5.32 Å². The molecule has 0 aliphatic heterocycles. The van der Waals surface area contributed by atoms with Crippen LogP contribution in [0.15, 0.2) is 23.1 Å². The number of pyridine rings is 1. The number of aryl methyl sites for hydroxylation is 1. The van der Waals surface area contributed by atoms with Gasteiger partial charge in [-0.25, -0.2) is 14.2 Å². The molecule has 0 spiro atoms. The van der Waals surface area contributed by atoms with E-state index in [1.54, 1.807) is 0 Å². The maximum absolute atomic E-state index is 14.1. The smallest absolute Gasteiger partial charge is 0.328 e. The van der Waals surface area contributed by atoms with Crippen LogP contribution in [0, 0.1) is 5.82 Å². The van der Waals surface area contributed by atoms with E-state index in [0.717, 1.165) is 10.5 Å². The number of carboxylic acid groups (broad SMARTS) is 1. The van der Waals surface area contributed by atoms with Gasteiger partial charge in [0.15, 0.2) is 11.5 Å². The van der Waals surface area contributed by atoms with Gasteiger partial charge in [-0.3, -0.25) is 9.20 Å². The van der Waals surface area contributed by atoms with Gasteiger partial charge in [0.2, 0.25) is 0 Å². The average molecular weight is 293 g/mol. The third-order valence-corrected chi connectivity index (χ3v) is 3.12. The number of hydrogen-bond acceptors (Lipinski definition) is 4. The van der Waals surface area contributed by atoms with Gasteiger partial charge >= 0.3 is 5.97 Å². The molecule has 2 aromatic heterocycles. The molecule has 0 amide bonds. The van der Waals surface area contributed by atoms with Gasteiger partial charge in [0.25, 0.3) is 5.56 Å². The molecule has 7 heteroatoms. The summed E-state index contributed by atoms with van der Waals surface area (Å²) in [4.78, 5) is 27.1. The van der Waals surface area contributed by atoms with Crippen LogP contribution in [0.3, 0.4) is 0 Å². The van der Waals surface area contributed by atoms with E-state index in [1.807, 2.05) is 6.92 Å². The number of fused-ring (bicyclic) bond motifs is 1. The Balaban J connectivity index is 2.58. The first-order chi connectivity index (χ1) is 9.74. The van der Waals surface area contributed by atoms with Crippen LogP contribution in [0.5, 0.6) is 0 Å². The molecule has 0 saturated carbocycles. The lowest BCUT2D eigenvalue weighted by atomic mass is 10.1. The van der Waals surface area contributed by atoms with Crippen LogP contribution in [0.25, 0.3) is 5.65 Å². The Kier molecular flexibility index (Phi) is 3.67. The van der Waals surface area contributed by atoms with Crippen LogP contribution in [-0.4, -0.2) is 26.0 Å². The number of hydrogen-bond donors (Lipinski definition) is 2. The fourth-order valence-corrected chi connectivity index (χ4v) is 1.87. The van der Waals surface area contributed by atoms with Crippen LogP contribution in [-0.2, 0) is 11.2 Å². The van der Waals surface area contributed by atoms with Crippen LogP contribution in [0.1, 0.15) is 26.5 Å². The number of halogens is 1. The molecule has 0 aromatic carbocycles. The highest BCUT2D eigenvalue weighted by Crippen LogP contribution is 2.18. The van der Waals surface area contributed by atoms with Gasteiger partial charge in [-0.15, -0.1) is 0 Å². The highest BCUT2D eigenvalue weighted by molar-refractivity contribution is 5.81. The second-order valence-electron chi connectivity index (χ2n) is 5.26. The van der Waals surface area contributed by atoms with Crippen LogP contribution < -0.4 is 10.9 Å². The zero-order chi connectivity index (χ0) is 15.8. The Morgan fingerprint density at radius 1 is 1.48 bits per heavy atom. The Morgan fingerprint density at radius 3 is 2.71 bits per heavy atom. The first kappa shape index (κ1) is 15.0. The quantitative estimate of drug-likeness (QED) is 0.896. The largest absolute Gasteiger partial charge is 0.480 e. The van der Waals surface area contributed by atoms with E-state index in [4.69, 9.17) is 5.11 Å². The minimum atomic E-state index is -1.29. The van der Waals surface area contributed by atoms with Gasteiger partial charge < -0.3 is 10.4 Å². The first-order valence-electron chi connectivity index (χ1n) is 6.48. The number of aliphatic carboxylic acids is 1. The van der Waals surface area contributed by atoms with Crippen molar-refractivity contribution in [3.05, 3.63) is 40.2 Å². The predicted molar refractivity (Wildman–Crippen MR) is 76.1 cm³/mol. The highest BCUT2D eigenvalue weighted by atomic mass is 19.1. The maximum atomic E-state index is 14.1. The van der Waals surface area contributed by atoms with Gasteiger partial charge in [-0.05, 0) is 20.3 Å². The molecule has 112 valence electrons. The summed E-state index contributed by atoms with van der Waals surface area (Å²) in [6.07, 6.45) is 1.87. The van der Waals surface area contributed by atoms with Crippen LogP contribution >= 0.6 is 0 Å². The molecule has 0 aliphatic rings. The highest BCUT2D eigenvalue weighted by Gasteiger charge is 2.27. The molecule has 2 N–H and O–H groups in total. The number of aromatic nitrogens is 2. The minimum absolute atomic E-state index is 0.0713. The van der Waals surface area contributed by atoms with E-state index in [1.165, 1.54) is 26.1 Å². The van der Waals surface area contributed by atoms with Gasteiger partial charge in [0, 0.05) is 24.0 Å². The minimum Gasteiger partial charge on any atom is -0.480 e. The summed E-state index contributed by atoms with van der Waals surface area (Å²) in [6.45, 7) is 4.71. The lowest BCUT2D eigenvalue weighted by Gasteiger charge is -2.22. The first-order valence-corrected chi connectivity index (χ1v) is 6.48. The maximum Gasteiger partial charge on any atom is 0.328 e. The second-order valence-corrected chi connectivity index (χ2v) is 5.26. The fraction of sp³-hybridized carbons (Fsp3) is 0.357. The number of nitrogens with one attached hydrogen (secondary N) is 1. The SMILES string of the molecule is CCc1cc(=O)n2cc(NC(C)(C)C(=O)O)cc(F)c2n1. The van der Waals surface area contributed by atoms with Crippen molar-refractivity contribution in [1.82, 2.24) is 9.38 Å². The molecule has 2 aromatic rings. The molecule has 0 aliphatic carbocycles. The Morgan fingerprint density at radius 2 is 2.14 bits per heavy atom. The molecule has 0 saturated heterocycles. The monoisotopic (exact) mass is 293 g/mol. The van der Waals surface area contributed by atoms with Crippen LogP contribution in [0.2, 0.25) is 0 Å². The number of anilines is 1. The predicted octanol–water partition coefficient (Wildman–Crippen LogP) is 1.67. The Bertz CT molecular complexity index is 768. The molecule has 6 nitrogen and oxygen atoms in total. The molecule has 0 unspecified atom stereocenters. The molecule has 0 radical (unpaired) electrons. The van der Waals surface area contributed by atoms with Crippen molar-refractivity contribution in [3.63, 3.8) is 0 Å². The summed E-state index contributed by atoms with van der Waals surface area (Å²) in [7, 11) is 0. The van der Waals surface area contributed by atoms with E-state index in [2.05, 4.69) is 10.3 Å². The number of carbonyl (C=O) groups is 1. The standard InChI is InChI=1S/C14H16FN3O3/c1-4-8-6-11(19)18-7-9(5-10(15)12(18)16-8)17-14(2,3)13(20)21/h5-7,17H,4H2,1-3H3,(H,20,21). The molecule has 2 heterocycles. The van der Waals surface area contributed by atoms with Gasteiger partial charge in [-0.1, -0.05) is 6.92 Å². The third-order valence-electron chi connectivity index (χ3n) is 3.12. The number of rotatable bonds is 4. The van der Waals surface area contributed by atoms with Crippen molar-refractivity contribution in [1.29, 1.82) is 0 Å². The number of nitrogens with zero attached hydrogens (tertiary/aromatic N) is 2. The summed E-state index contributed by atoms with van der Waals surface area (Å²) in [5, 5.41) is 11.8. The van der Waals surface area contributed by atoms with Gasteiger partial charge in [0.05, 0.1) is 5.69 Å². The van der Waals surface area contributed by atoms with E-state index in [0.29, 0.717) is 12.1 Å². The van der Waals surface area contributed by atoms with Crippen molar-refractivity contribution in [2.45, 2.75) is 32.7 Å². The lowest BCUT2D eigenvalue weighted by Crippen LogP contribution is -2.40. The van der Waals surface area contributed by atoms with Crippen molar-refractivity contribution in [2.24, 2.45) is 0 Å². The fourth-order valence-electron chi connectivity index (χ4n) is 1.87. The average Bonchev–Trinajstić information content (AvgIpc) is 2.39. The van der Waals surface area contributed by atoms with Gasteiger partial charge in [0.1, 0.15) is 5.54 Å². The normalized spacial score (nSPS) is 11.6. The molecule has 21 heavy (non-hydrogen) atoms. The molecule has 2 rings (SSSR count). The molecular weight excluding hydrogens is 277 g/mol. The molecular formula is C14H16FN3O3. The van der Waals surface area contributed by atoms with E-state index < -0.39 is 22.9 Å². The van der Waals surface area contributed by atoms with E-state index in [-0.39, 0.29) is 11.3 Å². The zero-order valence-corrected chi connectivity index (χ0v) is 12.0. The Hall–Kier alpha value is -2.44. The summed E-state index contributed by atoms with van der Waals surface area (Å²) in [6, 6.07) is 2.46. The van der Waals surface area contributed by atoms with E-state index in [9.17, 15) is 14.0 Å². The van der Waals surface area contributed by atoms with Crippen molar-refractivity contribution < 1.29 is 14.3 Å². The summed E-state index contributed by atoms with van der Waals surface area (Å²) in [5.74, 6) is -1.77. The molecule has 0 bridgehead atoms. The summed E-state index contributed by atoms with van der Waals surface area (Å²) < 4.78 is 15.2. The van der Waals surface area contributed by atoms with Gasteiger partial charge in [-0.2, -0.15) is 0 Å². The molecule has 0 fully saturated rings. The zero-order valence-electron chi connectivity index (χ0n) is 12.0. The topological polar surface area (TPSA) is 83.7 Å². The van der Waals surface area contributed by atoms with Crippen LogP contribution in [0.4, 0.5) is 10.1 Å². The third kappa shape index (κ3) is 2.86.